The van der Waals surface area contributed by atoms with Gasteiger partial charge in [-0.3, -0.25) is 4.79 Å². The van der Waals surface area contributed by atoms with Gasteiger partial charge in [-0.25, -0.2) is 4.98 Å². The molecule has 2 heterocycles. The summed E-state index contributed by atoms with van der Waals surface area (Å²) in [6, 6.07) is 5.47. The van der Waals surface area contributed by atoms with Crippen LogP contribution in [0.1, 0.15) is 28.9 Å². The largest absolute Gasteiger partial charge is 0.366 e. The number of nitrogens with one attached hydrogen (secondary N) is 2. The maximum absolute atomic E-state index is 12.2. The normalized spacial score (nSPS) is 13.8. The Morgan fingerprint density at radius 3 is 2.90 bits per heavy atom. The number of carbonyl (C=O) groups excluding carboxylic acids is 1. The molecule has 2 N–H and O–H groups in total. The second-order valence-electron chi connectivity index (χ2n) is 4.99. The molecular weight excluding hydrogens is 290 g/mol. The molecule has 1 amide bonds. The van der Waals surface area contributed by atoms with Crippen LogP contribution in [0.15, 0.2) is 24.4 Å². The number of rotatable bonds is 4. The number of amides is 1. The molecule has 1 aliphatic carbocycles. The fourth-order valence-corrected chi connectivity index (χ4v) is 2.01. The van der Waals surface area contributed by atoms with Crippen molar-refractivity contribution in [2.24, 2.45) is 0 Å². The van der Waals surface area contributed by atoms with Crippen molar-refractivity contribution in [3.63, 3.8) is 0 Å². The Kier molecular flexibility index (Phi) is 3.70. The zero-order chi connectivity index (χ0) is 14.8. The highest BCUT2D eigenvalue weighted by atomic mass is 35.5. The molecule has 2 aromatic rings. The van der Waals surface area contributed by atoms with E-state index >= 15 is 0 Å². The third kappa shape index (κ3) is 3.46. The first kappa shape index (κ1) is 13.8. The van der Waals surface area contributed by atoms with Crippen molar-refractivity contribution >= 4 is 29.0 Å². The number of anilines is 2. The van der Waals surface area contributed by atoms with Crippen molar-refractivity contribution in [2.45, 2.75) is 25.8 Å². The van der Waals surface area contributed by atoms with E-state index in [-0.39, 0.29) is 5.91 Å². The minimum Gasteiger partial charge on any atom is -0.366 e. The Balaban J connectivity index is 1.81. The highest BCUT2D eigenvalue weighted by molar-refractivity contribution is 6.29. The lowest BCUT2D eigenvalue weighted by molar-refractivity contribution is 0.102. The van der Waals surface area contributed by atoms with Crippen LogP contribution in [-0.4, -0.2) is 27.1 Å². The fraction of sp³-hybridized carbons (Fsp3) is 0.286. The van der Waals surface area contributed by atoms with Crippen LogP contribution in [0, 0.1) is 6.92 Å². The molecule has 3 rings (SSSR count). The van der Waals surface area contributed by atoms with Gasteiger partial charge in [0.1, 0.15) is 5.15 Å². The highest BCUT2D eigenvalue weighted by Crippen LogP contribution is 2.29. The molecule has 0 spiro atoms. The maximum Gasteiger partial charge on any atom is 0.257 e. The topological polar surface area (TPSA) is 79.8 Å². The van der Waals surface area contributed by atoms with E-state index in [0.717, 1.165) is 12.8 Å². The lowest BCUT2D eigenvalue weighted by Gasteiger charge is -2.12. The highest BCUT2D eigenvalue weighted by Gasteiger charge is 2.23. The molecule has 108 valence electrons. The van der Waals surface area contributed by atoms with E-state index in [2.05, 4.69) is 25.8 Å². The van der Waals surface area contributed by atoms with Gasteiger partial charge in [0, 0.05) is 6.04 Å². The van der Waals surface area contributed by atoms with Crippen LogP contribution >= 0.6 is 11.6 Å². The molecule has 0 aromatic carbocycles. The van der Waals surface area contributed by atoms with Crippen molar-refractivity contribution in [3.8, 4) is 0 Å². The van der Waals surface area contributed by atoms with Crippen molar-refractivity contribution in [1.29, 1.82) is 0 Å². The fourth-order valence-electron chi connectivity index (χ4n) is 1.86. The van der Waals surface area contributed by atoms with E-state index in [9.17, 15) is 4.79 Å². The molecule has 1 aliphatic rings. The first-order valence-corrected chi connectivity index (χ1v) is 7.03. The van der Waals surface area contributed by atoms with Crippen LogP contribution in [0.4, 0.5) is 11.5 Å². The van der Waals surface area contributed by atoms with E-state index in [1.54, 1.807) is 25.1 Å². The molecule has 0 radical (unpaired) electrons. The standard InChI is InChI=1S/C14H14ClN5O/c1-8-6-9(7-16-20-8)14(21)18-11-4-5-12(15)19-13(11)17-10-2-3-10/h4-7,10H,2-3H2,1H3,(H,17,19)(H,18,21). The summed E-state index contributed by atoms with van der Waals surface area (Å²) >= 11 is 5.91. The number of pyridine rings is 1. The second-order valence-corrected chi connectivity index (χ2v) is 5.38. The summed E-state index contributed by atoms with van der Waals surface area (Å²) in [7, 11) is 0. The summed E-state index contributed by atoms with van der Waals surface area (Å²) in [5.74, 6) is 0.341. The number of aromatic nitrogens is 3. The molecule has 21 heavy (non-hydrogen) atoms. The Hall–Kier alpha value is -2.21. The monoisotopic (exact) mass is 303 g/mol. The van der Waals surface area contributed by atoms with Gasteiger partial charge in [-0.15, -0.1) is 0 Å². The third-order valence-corrected chi connectivity index (χ3v) is 3.28. The van der Waals surface area contributed by atoms with E-state index < -0.39 is 0 Å². The molecule has 1 saturated carbocycles. The van der Waals surface area contributed by atoms with Gasteiger partial charge in [-0.05, 0) is 38.0 Å². The lowest BCUT2D eigenvalue weighted by Crippen LogP contribution is -2.15. The lowest BCUT2D eigenvalue weighted by atomic mass is 10.2. The van der Waals surface area contributed by atoms with Gasteiger partial charge in [-0.2, -0.15) is 10.2 Å². The Bertz CT molecular complexity index is 687. The quantitative estimate of drug-likeness (QED) is 0.849. The number of carbonyl (C=O) groups is 1. The number of aryl methyl sites for hydroxylation is 1. The zero-order valence-electron chi connectivity index (χ0n) is 11.4. The number of halogens is 1. The van der Waals surface area contributed by atoms with Gasteiger partial charge in [0.05, 0.1) is 23.1 Å². The summed E-state index contributed by atoms with van der Waals surface area (Å²) in [5.41, 5.74) is 1.74. The van der Waals surface area contributed by atoms with Crippen molar-refractivity contribution in [2.75, 3.05) is 10.6 Å². The van der Waals surface area contributed by atoms with Crippen LogP contribution in [-0.2, 0) is 0 Å². The Morgan fingerprint density at radius 2 is 2.19 bits per heavy atom. The van der Waals surface area contributed by atoms with E-state index in [0.29, 0.717) is 34.0 Å². The summed E-state index contributed by atoms with van der Waals surface area (Å²) in [6.07, 6.45) is 3.64. The number of hydrogen-bond donors (Lipinski definition) is 2. The van der Waals surface area contributed by atoms with Gasteiger partial charge in [0.25, 0.3) is 5.91 Å². The summed E-state index contributed by atoms with van der Waals surface area (Å²) in [4.78, 5) is 16.5. The van der Waals surface area contributed by atoms with Gasteiger partial charge in [-0.1, -0.05) is 11.6 Å². The van der Waals surface area contributed by atoms with Gasteiger partial charge in [0.2, 0.25) is 0 Å². The van der Waals surface area contributed by atoms with Crippen LogP contribution in [0.3, 0.4) is 0 Å². The first-order chi connectivity index (χ1) is 10.1. The third-order valence-electron chi connectivity index (χ3n) is 3.07. The minimum atomic E-state index is -0.254. The van der Waals surface area contributed by atoms with Gasteiger partial charge >= 0.3 is 0 Å². The van der Waals surface area contributed by atoms with E-state index in [1.165, 1.54) is 6.20 Å². The summed E-state index contributed by atoms with van der Waals surface area (Å²) < 4.78 is 0. The smallest absolute Gasteiger partial charge is 0.257 e. The van der Waals surface area contributed by atoms with Gasteiger partial charge in [0.15, 0.2) is 5.82 Å². The zero-order valence-corrected chi connectivity index (χ0v) is 12.2. The predicted octanol–water partition coefficient (Wildman–Crippen LogP) is 2.66. The first-order valence-electron chi connectivity index (χ1n) is 6.65. The van der Waals surface area contributed by atoms with Crippen molar-refractivity contribution < 1.29 is 4.79 Å². The van der Waals surface area contributed by atoms with Crippen molar-refractivity contribution in [1.82, 2.24) is 15.2 Å². The molecule has 0 aliphatic heterocycles. The molecule has 0 unspecified atom stereocenters. The Labute approximate surface area is 126 Å². The van der Waals surface area contributed by atoms with Crippen LogP contribution in [0.2, 0.25) is 5.15 Å². The molecule has 7 heteroatoms. The average Bonchev–Trinajstić information content (AvgIpc) is 3.26. The molecular formula is C14H14ClN5O. The number of nitrogens with zero attached hydrogens (tertiary/aromatic N) is 3. The summed E-state index contributed by atoms with van der Waals surface area (Å²) in [6.45, 7) is 1.79. The SMILES string of the molecule is Cc1cc(C(=O)Nc2ccc(Cl)nc2NC2CC2)cnn1. The Morgan fingerprint density at radius 1 is 1.38 bits per heavy atom. The van der Waals surface area contributed by atoms with Crippen molar-refractivity contribution in [3.05, 3.63) is 40.8 Å². The van der Waals surface area contributed by atoms with Gasteiger partial charge < -0.3 is 10.6 Å². The van der Waals surface area contributed by atoms with Crippen LogP contribution < -0.4 is 10.6 Å². The minimum absolute atomic E-state index is 0.254. The summed E-state index contributed by atoms with van der Waals surface area (Å²) in [5, 5.41) is 14.1. The molecule has 0 saturated heterocycles. The predicted molar refractivity (Wildman–Crippen MR) is 80.6 cm³/mol. The van der Waals surface area contributed by atoms with Crippen LogP contribution in [0.25, 0.3) is 0 Å². The van der Waals surface area contributed by atoms with E-state index in [4.69, 9.17) is 11.6 Å². The van der Waals surface area contributed by atoms with Crippen LogP contribution in [0.5, 0.6) is 0 Å². The van der Waals surface area contributed by atoms with E-state index in [1.807, 2.05) is 0 Å². The number of hydrogen-bond acceptors (Lipinski definition) is 5. The molecule has 1 fully saturated rings. The molecule has 0 bridgehead atoms. The maximum atomic E-state index is 12.2. The molecule has 2 aromatic heterocycles. The average molecular weight is 304 g/mol. The molecule has 6 nitrogen and oxygen atoms in total. The molecule has 0 atom stereocenters. The second kappa shape index (κ2) is 5.65.